The molecule has 0 heterocycles. The van der Waals surface area contributed by atoms with Crippen LogP contribution >= 0.6 is 0 Å². The molecule has 0 rings (SSSR count). The number of carboxylic acid groups (broad SMARTS) is 1. The van der Waals surface area contributed by atoms with Crippen LogP contribution < -0.4 is 0 Å². The highest BCUT2D eigenvalue weighted by molar-refractivity contribution is 5.72. The molecule has 0 aliphatic rings. The number of carbonyl (C=O) groups excluding carboxylic acids is 2. The summed E-state index contributed by atoms with van der Waals surface area (Å²) in [5.74, 6) is -1.53. The van der Waals surface area contributed by atoms with E-state index >= 15 is 0 Å². The zero-order valence-corrected chi connectivity index (χ0v) is 36.8. The fourth-order valence-corrected chi connectivity index (χ4v) is 6.07. The molecule has 8 nitrogen and oxygen atoms in total. The van der Waals surface area contributed by atoms with E-state index in [1.165, 1.54) is 70.6 Å². The lowest BCUT2D eigenvalue weighted by Crippen LogP contribution is -2.50. The number of likely N-dealkylation sites (N-methyl/N-ethyl adjacent to an activating group) is 1. The number of quaternary nitrogens is 1. The lowest BCUT2D eigenvalue weighted by molar-refractivity contribution is -0.887. The number of nitrogens with zero attached hydrogens (tertiary/aromatic N) is 1. The molecule has 0 aliphatic heterocycles. The predicted octanol–water partition coefficient (Wildman–Crippen LogP) is 12.1. The highest BCUT2D eigenvalue weighted by atomic mass is 16.6. The second kappa shape index (κ2) is 39.3. The van der Waals surface area contributed by atoms with E-state index in [0.717, 1.165) is 51.4 Å². The summed E-state index contributed by atoms with van der Waals surface area (Å²) in [6.07, 6.45) is 50.5. The Bertz CT molecular complexity index is 1200. The monoisotopic (exact) mass is 797 g/mol. The lowest BCUT2D eigenvalue weighted by Gasteiger charge is -2.31. The zero-order valence-electron chi connectivity index (χ0n) is 36.8. The standard InChI is InChI=1S/C49H81NO7/c1-6-8-10-12-14-16-18-20-22-23-24-25-26-28-29-31-33-35-37-39-47(51)56-44-45(43-55-42-41-46(49(53)54)50(3,4)5)57-48(52)40-38-36-34-32-30-27-21-19-17-15-13-11-9-7-2/h8,10,12,14,16,18,20,22-26,28-29,45-46H,6-7,9,11,13,15,17,19,21,27,30-44H2,1-5H3/p+1/b10-8+,14-12+,18-16+,22-20+,24-23+,26-25+,29-28+. The van der Waals surface area contributed by atoms with E-state index in [4.69, 9.17) is 14.2 Å². The summed E-state index contributed by atoms with van der Waals surface area (Å²) in [6, 6.07) is -0.625. The molecule has 0 aromatic rings. The van der Waals surface area contributed by atoms with Crippen LogP contribution in [-0.4, -0.2) is 80.6 Å². The Hall–Kier alpha value is -3.49. The van der Waals surface area contributed by atoms with Gasteiger partial charge in [0.2, 0.25) is 0 Å². The molecule has 0 fully saturated rings. The molecule has 0 aromatic carbocycles. The van der Waals surface area contributed by atoms with Gasteiger partial charge in [0.15, 0.2) is 12.1 Å². The van der Waals surface area contributed by atoms with Crippen LogP contribution in [0.3, 0.4) is 0 Å². The number of allylic oxidation sites excluding steroid dienone is 14. The maximum atomic E-state index is 12.7. The minimum absolute atomic E-state index is 0.0428. The van der Waals surface area contributed by atoms with E-state index in [2.05, 4.69) is 26.0 Å². The van der Waals surface area contributed by atoms with Crippen molar-refractivity contribution < 1.29 is 38.2 Å². The van der Waals surface area contributed by atoms with E-state index in [1.54, 1.807) is 0 Å². The molecule has 0 saturated carbocycles. The van der Waals surface area contributed by atoms with Crippen molar-refractivity contribution in [2.24, 2.45) is 0 Å². The van der Waals surface area contributed by atoms with Crippen molar-refractivity contribution in [3.63, 3.8) is 0 Å². The molecule has 0 bridgehead atoms. The maximum Gasteiger partial charge on any atom is 0.362 e. The van der Waals surface area contributed by atoms with E-state index in [9.17, 15) is 19.5 Å². The summed E-state index contributed by atoms with van der Waals surface area (Å²) < 4.78 is 17.2. The van der Waals surface area contributed by atoms with Crippen LogP contribution in [0.1, 0.15) is 155 Å². The minimum Gasteiger partial charge on any atom is -0.477 e. The molecule has 0 amide bonds. The molecular weight excluding hydrogens is 715 g/mol. The van der Waals surface area contributed by atoms with Gasteiger partial charge in [-0.15, -0.1) is 0 Å². The minimum atomic E-state index is -0.885. The average Bonchev–Trinajstić information content (AvgIpc) is 3.17. The Morgan fingerprint density at radius 2 is 0.982 bits per heavy atom. The van der Waals surface area contributed by atoms with Gasteiger partial charge in [-0.3, -0.25) is 9.59 Å². The molecule has 1 N–H and O–H groups in total. The van der Waals surface area contributed by atoms with Gasteiger partial charge in [0, 0.05) is 19.3 Å². The Morgan fingerprint density at radius 3 is 1.46 bits per heavy atom. The molecule has 0 radical (unpaired) electrons. The summed E-state index contributed by atoms with van der Waals surface area (Å²) in [7, 11) is 5.50. The molecule has 2 unspecified atom stereocenters. The summed E-state index contributed by atoms with van der Waals surface area (Å²) in [6.45, 7) is 4.53. The fraction of sp³-hybridized carbons (Fsp3) is 0.653. The molecule has 0 saturated heterocycles. The number of carboxylic acids is 1. The van der Waals surface area contributed by atoms with Crippen LogP contribution in [0.25, 0.3) is 0 Å². The van der Waals surface area contributed by atoms with E-state index in [1.807, 2.05) is 94.1 Å². The van der Waals surface area contributed by atoms with E-state index < -0.39 is 18.1 Å². The van der Waals surface area contributed by atoms with Gasteiger partial charge in [-0.1, -0.05) is 189 Å². The van der Waals surface area contributed by atoms with Crippen molar-refractivity contribution in [3.05, 3.63) is 85.1 Å². The molecule has 2 atom stereocenters. The number of hydrogen-bond donors (Lipinski definition) is 1. The first-order valence-electron chi connectivity index (χ1n) is 22.2. The van der Waals surface area contributed by atoms with E-state index in [0.29, 0.717) is 19.3 Å². The van der Waals surface area contributed by atoms with Crippen molar-refractivity contribution in [2.75, 3.05) is 41.0 Å². The normalized spacial score (nSPS) is 13.8. The van der Waals surface area contributed by atoms with Crippen molar-refractivity contribution in [2.45, 2.75) is 167 Å². The quantitative estimate of drug-likeness (QED) is 0.0287. The van der Waals surface area contributed by atoms with Crippen molar-refractivity contribution in [1.82, 2.24) is 0 Å². The van der Waals surface area contributed by atoms with Crippen molar-refractivity contribution in [1.29, 1.82) is 0 Å². The Labute approximate surface area is 348 Å². The van der Waals surface area contributed by atoms with Gasteiger partial charge in [-0.25, -0.2) is 4.79 Å². The topological polar surface area (TPSA) is 99.1 Å². The van der Waals surface area contributed by atoms with Crippen LogP contribution in [0.5, 0.6) is 0 Å². The predicted molar refractivity (Wildman–Crippen MR) is 238 cm³/mol. The summed E-state index contributed by atoms with van der Waals surface area (Å²) in [4.78, 5) is 37.0. The first-order valence-corrected chi connectivity index (χ1v) is 22.2. The first kappa shape index (κ1) is 53.5. The van der Waals surface area contributed by atoms with Crippen molar-refractivity contribution in [3.8, 4) is 0 Å². The van der Waals surface area contributed by atoms with Crippen LogP contribution in [0.2, 0.25) is 0 Å². The van der Waals surface area contributed by atoms with Gasteiger partial charge < -0.3 is 23.8 Å². The van der Waals surface area contributed by atoms with Crippen LogP contribution in [0.4, 0.5) is 0 Å². The number of unbranched alkanes of at least 4 members (excludes halogenated alkanes) is 16. The third-order valence-electron chi connectivity index (χ3n) is 9.50. The summed E-state index contributed by atoms with van der Waals surface area (Å²) in [5.41, 5.74) is 0. The summed E-state index contributed by atoms with van der Waals surface area (Å²) >= 11 is 0. The smallest absolute Gasteiger partial charge is 0.362 e. The number of aliphatic carboxylic acids is 1. The van der Waals surface area contributed by atoms with Crippen LogP contribution in [0.15, 0.2) is 85.1 Å². The highest BCUT2D eigenvalue weighted by Gasteiger charge is 2.31. The molecule has 0 aromatic heterocycles. The van der Waals surface area contributed by atoms with Crippen LogP contribution in [0, 0.1) is 0 Å². The third-order valence-corrected chi connectivity index (χ3v) is 9.50. The molecule has 57 heavy (non-hydrogen) atoms. The largest absolute Gasteiger partial charge is 0.477 e. The van der Waals surface area contributed by atoms with Gasteiger partial charge in [0.05, 0.1) is 34.4 Å². The Morgan fingerprint density at radius 1 is 0.544 bits per heavy atom. The number of esters is 2. The number of rotatable bonds is 38. The van der Waals surface area contributed by atoms with Crippen LogP contribution in [-0.2, 0) is 28.6 Å². The Balaban J connectivity index is 4.46. The Kier molecular flexibility index (Phi) is 36.9. The number of ether oxygens (including phenoxy) is 3. The van der Waals surface area contributed by atoms with Gasteiger partial charge in [-0.2, -0.15) is 0 Å². The van der Waals surface area contributed by atoms with Crippen molar-refractivity contribution >= 4 is 17.9 Å². The lowest BCUT2D eigenvalue weighted by atomic mass is 10.0. The molecule has 0 spiro atoms. The highest BCUT2D eigenvalue weighted by Crippen LogP contribution is 2.15. The molecule has 0 aliphatic carbocycles. The SMILES string of the molecule is CC/C=C/C=C/C=C/C=C/C=C/C=C/C=C/CCCCCC(=O)OCC(COCCC(C(=O)O)[N+](C)(C)C)OC(=O)CCCCCCCCCCCCCCCC. The second-order valence-electron chi connectivity index (χ2n) is 15.8. The molecule has 324 valence electrons. The van der Waals surface area contributed by atoms with Gasteiger partial charge >= 0.3 is 17.9 Å². The average molecular weight is 797 g/mol. The zero-order chi connectivity index (χ0) is 42.1. The van der Waals surface area contributed by atoms with Gasteiger partial charge in [0.25, 0.3) is 0 Å². The van der Waals surface area contributed by atoms with E-state index in [-0.39, 0.29) is 36.2 Å². The van der Waals surface area contributed by atoms with Gasteiger partial charge in [0.1, 0.15) is 6.61 Å². The first-order chi connectivity index (χ1) is 27.6. The fourth-order valence-electron chi connectivity index (χ4n) is 6.07. The number of hydrogen-bond acceptors (Lipinski definition) is 6. The molecular formula is C49H82NO7+. The summed E-state index contributed by atoms with van der Waals surface area (Å²) in [5, 5.41) is 9.62. The van der Waals surface area contributed by atoms with Gasteiger partial charge in [-0.05, 0) is 32.1 Å². The third kappa shape index (κ3) is 37.8. The second-order valence-corrected chi connectivity index (χ2v) is 15.8. The number of carbonyl (C=O) groups is 3. The molecule has 8 heteroatoms. The maximum absolute atomic E-state index is 12.7.